The van der Waals surface area contributed by atoms with Crippen LogP contribution < -0.4 is 10.6 Å². The summed E-state index contributed by atoms with van der Waals surface area (Å²) in [6.07, 6.45) is 5.74. The van der Waals surface area contributed by atoms with E-state index in [1.807, 2.05) is 7.05 Å². The van der Waals surface area contributed by atoms with E-state index in [0.717, 1.165) is 30.8 Å². The van der Waals surface area contributed by atoms with Gasteiger partial charge in [-0.25, -0.2) is 0 Å². The van der Waals surface area contributed by atoms with Gasteiger partial charge < -0.3 is 15.4 Å². The quantitative estimate of drug-likeness (QED) is 0.610. The molecule has 2 bridgehead atoms. The molecule has 3 aliphatic heterocycles. The largest absolute Gasteiger partial charge is 0.373 e. The van der Waals surface area contributed by atoms with Crippen LogP contribution in [0, 0.1) is 11.8 Å². The van der Waals surface area contributed by atoms with E-state index in [4.69, 9.17) is 4.74 Å². The number of guanidine groups is 1. The van der Waals surface area contributed by atoms with Crippen molar-refractivity contribution in [1.82, 2.24) is 15.5 Å². The summed E-state index contributed by atoms with van der Waals surface area (Å²) in [6, 6.07) is 0.424. The highest BCUT2D eigenvalue weighted by Gasteiger charge is 2.41. The van der Waals surface area contributed by atoms with Crippen molar-refractivity contribution < 1.29 is 4.74 Å². The molecule has 2 N–H and O–H groups in total. The third kappa shape index (κ3) is 4.05. The number of hydrogen-bond donors (Lipinski definition) is 2. The molecule has 5 atom stereocenters. The predicted molar refractivity (Wildman–Crippen MR) is 99.4 cm³/mol. The van der Waals surface area contributed by atoms with Gasteiger partial charge in [0.25, 0.3) is 0 Å². The molecule has 0 aromatic heterocycles. The van der Waals surface area contributed by atoms with E-state index in [0.29, 0.717) is 18.2 Å². The Hall–Kier alpha value is -0.810. The molecule has 0 amide bonds. The first-order valence-corrected chi connectivity index (χ1v) is 9.75. The van der Waals surface area contributed by atoms with Gasteiger partial charge in [-0.3, -0.25) is 9.89 Å². The van der Waals surface area contributed by atoms with Gasteiger partial charge in [-0.15, -0.1) is 0 Å². The van der Waals surface area contributed by atoms with Gasteiger partial charge in [0.2, 0.25) is 0 Å². The highest BCUT2D eigenvalue weighted by Crippen LogP contribution is 2.34. The molecule has 3 saturated heterocycles. The van der Waals surface area contributed by atoms with Gasteiger partial charge in [-0.2, -0.15) is 0 Å². The summed E-state index contributed by atoms with van der Waals surface area (Å²) in [4.78, 5) is 7.08. The van der Waals surface area contributed by atoms with Crippen LogP contribution in [0.2, 0.25) is 0 Å². The van der Waals surface area contributed by atoms with Crippen LogP contribution in [0.4, 0.5) is 0 Å². The van der Waals surface area contributed by atoms with Gasteiger partial charge in [0.15, 0.2) is 5.96 Å². The summed E-state index contributed by atoms with van der Waals surface area (Å²) in [7, 11) is 1.86. The molecule has 3 aliphatic rings. The Bertz CT molecular complexity index is 454. The predicted octanol–water partition coefficient (Wildman–Crippen LogP) is 2.23. The van der Waals surface area contributed by atoms with E-state index in [1.54, 1.807) is 0 Å². The molecule has 3 fully saturated rings. The van der Waals surface area contributed by atoms with Gasteiger partial charge in [0.05, 0.1) is 18.2 Å². The maximum atomic E-state index is 5.94. The maximum absolute atomic E-state index is 5.94. The fourth-order valence-corrected chi connectivity index (χ4v) is 4.73. The van der Waals surface area contributed by atoms with Gasteiger partial charge >= 0.3 is 0 Å². The van der Waals surface area contributed by atoms with E-state index in [1.165, 1.54) is 32.4 Å². The molecule has 0 spiro atoms. The Balaban J connectivity index is 1.51. The van der Waals surface area contributed by atoms with E-state index < -0.39 is 0 Å². The van der Waals surface area contributed by atoms with Crippen molar-refractivity contribution in [3.63, 3.8) is 0 Å². The molecule has 3 rings (SSSR count). The van der Waals surface area contributed by atoms with Gasteiger partial charge in [0, 0.05) is 32.2 Å². The summed E-state index contributed by atoms with van der Waals surface area (Å²) in [5.41, 5.74) is 0.131. The fraction of sp³-hybridized carbons (Fsp3) is 0.947. The Morgan fingerprint density at radius 1 is 1.17 bits per heavy atom. The van der Waals surface area contributed by atoms with Crippen molar-refractivity contribution >= 4 is 5.96 Å². The molecule has 0 aromatic carbocycles. The molecule has 5 unspecified atom stereocenters. The zero-order valence-corrected chi connectivity index (χ0v) is 16.1. The fourth-order valence-electron chi connectivity index (χ4n) is 4.73. The number of likely N-dealkylation sites (tertiary alicyclic amines) is 1. The average Bonchev–Trinajstić information content (AvgIpc) is 3.13. The minimum Gasteiger partial charge on any atom is -0.373 e. The van der Waals surface area contributed by atoms with Crippen LogP contribution in [0.3, 0.4) is 0 Å². The topological polar surface area (TPSA) is 48.9 Å². The second-order valence-electron chi connectivity index (χ2n) is 8.95. The maximum Gasteiger partial charge on any atom is 0.191 e. The standard InChI is InChI=1S/C19H36N4O/c1-13-8-14(2)11-23(10-13)19(3,4)12-21-18(20-5)22-16-9-15-6-7-17(16)24-15/h13-17H,6-12H2,1-5H3,(H2,20,21,22). The van der Waals surface area contributed by atoms with Crippen LogP contribution in [0.15, 0.2) is 4.99 Å². The SMILES string of the molecule is CN=C(NCC(C)(C)N1CC(C)CC(C)C1)NC1CC2CCC1O2. The number of piperidine rings is 1. The van der Waals surface area contributed by atoms with E-state index >= 15 is 0 Å². The van der Waals surface area contributed by atoms with E-state index in [2.05, 4.69) is 48.2 Å². The zero-order chi connectivity index (χ0) is 17.3. The van der Waals surface area contributed by atoms with Crippen molar-refractivity contribution in [2.75, 3.05) is 26.7 Å². The van der Waals surface area contributed by atoms with Gasteiger partial charge in [-0.1, -0.05) is 13.8 Å². The molecule has 3 heterocycles. The number of nitrogens with one attached hydrogen (secondary N) is 2. The van der Waals surface area contributed by atoms with Crippen molar-refractivity contribution in [3.05, 3.63) is 0 Å². The third-order valence-corrected chi connectivity index (χ3v) is 6.07. The summed E-state index contributed by atoms with van der Waals surface area (Å²) in [5, 5.41) is 7.15. The van der Waals surface area contributed by atoms with E-state index in [-0.39, 0.29) is 5.54 Å². The Kier molecular flexibility index (Phi) is 5.40. The molecular formula is C19H36N4O. The average molecular weight is 337 g/mol. The van der Waals surface area contributed by atoms with Crippen LogP contribution in [0.25, 0.3) is 0 Å². The van der Waals surface area contributed by atoms with Crippen molar-refractivity contribution in [2.24, 2.45) is 16.8 Å². The lowest BCUT2D eigenvalue weighted by Gasteiger charge is -2.45. The first-order valence-electron chi connectivity index (χ1n) is 9.75. The second-order valence-corrected chi connectivity index (χ2v) is 8.95. The minimum absolute atomic E-state index is 0.131. The highest BCUT2D eigenvalue weighted by atomic mass is 16.5. The molecule has 5 heteroatoms. The number of nitrogens with zero attached hydrogens (tertiary/aromatic N) is 2. The van der Waals surface area contributed by atoms with Gasteiger partial charge in [0.1, 0.15) is 0 Å². The van der Waals surface area contributed by atoms with Crippen molar-refractivity contribution in [2.45, 2.75) is 77.2 Å². The molecule has 138 valence electrons. The lowest BCUT2D eigenvalue weighted by Crippen LogP contribution is -2.58. The number of fused-ring (bicyclic) bond motifs is 2. The molecule has 24 heavy (non-hydrogen) atoms. The number of hydrogen-bond acceptors (Lipinski definition) is 3. The Labute approximate surface area is 147 Å². The minimum atomic E-state index is 0.131. The Morgan fingerprint density at radius 2 is 1.88 bits per heavy atom. The number of aliphatic imine (C=N–C) groups is 1. The molecule has 0 radical (unpaired) electrons. The number of ether oxygens (including phenoxy) is 1. The smallest absolute Gasteiger partial charge is 0.191 e. The Morgan fingerprint density at radius 3 is 2.42 bits per heavy atom. The van der Waals surface area contributed by atoms with Crippen LogP contribution >= 0.6 is 0 Å². The summed E-state index contributed by atoms with van der Waals surface area (Å²) in [6.45, 7) is 12.8. The monoisotopic (exact) mass is 336 g/mol. The van der Waals surface area contributed by atoms with Crippen molar-refractivity contribution in [3.8, 4) is 0 Å². The van der Waals surface area contributed by atoms with Crippen LogP contribution in [0.5, 0.6) is 0 Å². The third-order valence-electron chi connectivity index (χ3n) is 6.07. The molecular weight excluding hydrogens is 300 g/mol. The lowest BCUT2D eigenvalue weighted by molar-refractivity contribution is 0.0483. The van der Waals surface area contributed by atoms with Gasteiger partial charge in [-0.05, 0) is 51.4 Å². The van der Waals surface area contributed by atoms with Crippen LogP contribution in [-0.2, 0) is 4.74 Å². The van der Waals surface area contributed by atoms with Crippen LogP contribution in [-0.4, -0.2) is 61.3 Å². The summed E-state index contributed by atoms with van der Waals surface area (Å²) >= 11 is 0. The first kappa shape index (κ1) is 18.0. The summed E-state index contributed by atoms with van der Waals surface area (Å²) in [5.74, 6) is 2.50. The number of rotatable bonds is 4. The summed E-state index contributed by atoms with van der Waals surface area (Å²) < 4.78 is 5.94. The normalized spacial score (nSPS) is 37.7. The van der Waals surface area contributed by atoms with E-state index in [9.17, 15) is 0 Å². The molecule has 5 nitrogen and oxygen atoms in total. The zero-order valence-electron chi connectivity index (χ0n) is 16.1. The lowest BCUT2D eigenvalue weighted by atomic mass is 9.88. The first-order chi connectivity index (χ1) is 11.4. The van der Waals surface area contributed by atoms with Crippen molar-refractivity contribution in [1.29, 1.82) is 0 Å². The molecule has 0 aliphatic carbocycles. The second kappa shape index (κ2) is 7.20. The van der Waals surface area contributed by atoms with Crippen LogP contribution in [0.1, 0.15) is 53.4 Å². The highest BCUT2D eigenvalue weighted by molar-refractivity contribution is 5.80. The molecule has 0 aromatic rings. The molecule has 0 saturated carbocycles.